The minimum atomic E-state index is -0.459. The number of ether oxygens (including phenoxy) is 1. The van der Waals surface area contributed by atoms with Crippen LogP contribution in [0.25, 0.3) is 22.2 Å². The summed E-state index contributed by atoms with van der Waals surface area (Å²) in [6.07, 6.45) is 0.198. The van der Waals surface area contributed by atoms with Crippen LogP contribution < -0.4 is 5.32 Å². The topological polar surface area (TPSA) is 91.5 Å². The number of aromatic amines is 1. The molecule has 5 rings (SSSR count). The summed E-state index contributed by atoms with van der Waals surface area (Å²) in [5.74, 6) is -0.729. The van der Waals surface area contributed by atoms with Crippen LogP contribution in [0.3, 0.4) is 0 Å². The number of hydrogen-bond donors (Lipinski definition) is 2. The Kier molecular flexibility index (Phi) is 9.13. The molecule has 44 heavy (non-hydrogen) atoms. The van der Waals surface area contributed by atoms with Crippen LogP contribution in [-0.4, -0.2) is 40.6 Å². The number of halogens is 1. The van der Waals surface area contributed by atoms with E-state index in [0.29, 0.717) is 30.6 Å². The highest BCUT2D eigenvalue weighted by Gasteiger charge is 2.24. The summed E-state index contributed by atoms with van der Waals surface area (Å²) in [6, 6.07) is 14.5. The SMILES string of the molecule is Cc1cc(COC(=O)N(C)Cc2ccc(-c3[nH]c4cc(F)cc5c4c3CCNC5=O)cc2)cc(C)c1SSC(=O)C(C)(C)C. The second kappa shape index (κ2) is 12.7. The van der Waals surface area contributed by atoms with E-state index in [9.17, 15) is 18.8 Å². The number of aromatic nitrogens is 1. The molecule has 0 bridgehead atoms. The maximum Gasteiger partial charge on any atom is 0.410 e. The van der Waals surface area contributed by atoms with E-state index in [-0.39, 0.29) is 17.6 Å². The van der Waals surface area contributed by atoms with Crippen LogP contribution in [0.4, 0.5) is 9.18 Å². The van der Waals surface area contributed by atoms with Gasteiger partial charge in [0.15, 0.2) is 0 Å². The van der Waals surface area contributed by atoms with Crippen molar-refractivity contribution in [3.8, 4) is 11.3 Å². The van der Waals surface area contributed by atoms with E-state index in [4.69, 9.17) is 4.74 Å². The van der Waals surface area contributed by atoms with E-state index in [1.807, 2.05) is 71.0 Å². The lowest BCUT2D eigenvalue weighted by Gasteiger charge is -2.18. The first-order valence-electron chi connectivity index (χ1n) is 14.4. The number of carbonyl (C=O) groups excluding carboxylic acids is 3. The zero-order valence-electron chi connectivity index (χ0n) is 25.7. The fraction of sp³-hybridized carbons (Fsp3) is 0.324. The summed E-state index contributed by atoms with van der Waals surface area (Å²) in [7, 11) is 4.42. The highest BCUT2D eigenvalue weighted by molar-refractivity contribution is 8.82. The Morgan fingerprint density at radius 3 is 2.36 bits per heavy atom. The zero-order chi connectivity index (χ0) is 31.8. The molecule has 0 fully saturated rings. The standard InChI is InChI=1S/C34H36FN3O4S2/c1-19-13-22(14-20(2)30(19)43-44-32(40)34(3,4)5)18-42-33(41)38(6)17-21-7-9-23(10-8-21)29-25-11-12-36-31(39)26-15-24(35)16-27(37-29)28(25)26/h7-10,13-16,37H,11-12,17-18H2,1-6H3,(H,36,39). The van der Waals surface area contributed by atoms with Crippen molar-refractivity contribution in [1.29, 1.82) is 0 Å². The molecule has 4 aromatic rings. The van der Waals surface area contributed by atoms with E-state index in [2.05, 4.69) is 10.3 Å². The van der Waals surface area contributed by atoms with Gasteiger partial charge in [0.1, 0.15) is 12.4 Å². The number of benzene rings is 3. The van der Waals surface area contributed by atoms with Gasteiger partial charge < -0.3 is 19.9 Å². The Morgan fingerprint density at radius 2 is 1.70 bits per heavy atom. The molecule has 7 nitrogen and oxygen atoms in total. The van der Waals surface area contributed by atoms with Gasteiger partial charge in [0, 0.05) is 47.0 Å². The Bertz CT molecular complexity index is 1740. The van der Waals surface area contributed by atoms with Crippen LogP contribution in [0.5, 0.6) is 0 Å². The van der Waals surface area contributed by atoms with Crippen molar-refractivity contribution >= 4 is 49.6 Å². The molecular formula is C34H36FN3O4S2. The van der Waals surface area contributed by atoms with E-state index in [0.717, 1.165) is 49.4 Å². The average molecular weight is 634 g/mol. The number of nitrogens with zero attached hydrogens (tertiary/aromatic N) is 1. The van der Waals surface area contributed by atoms with Crippen molar-refractivity contribution in [2.75, 3.05) is 13.6 Å². The largest absolute Gasteiger partial charge is 0.445 e. The summed E-state index contributed by atoms with van der Waals surface area (Å²) in [6.45, 7) is 10.7. The number of hydrogen-bond acceptors (Lipinski definition) is 6. The Morgan fingerprint density at radius 1 is 1.02 bits per heavy atom. The molecular weight excluding hydrogens is 598 g/mol. The van der Waals surface area contributed by atoms with Crippen LogP contribution in [0.15, 0.2) is 53.4 Å². The number of amides is 2. The molecule has 10 heteroatoms. The van der Waals surface area contributed by atoms with Crippen molar-refractivity contribution in [1.82, 2.24) is 15.2 Å². The molecule has 0 spiro atoms. The second-order valence-electron chi connectivity index (χ2n) is 12.2. The Labute approximate surface area is 264 Å². The van der Waals surface area contributed by atoms with Gasteiger partial charge in [-0.25, -0.2) is 9.18 Å². The Balaban J connectivity index is 1.21. The molecule has 1 aliphatic rings. The van der Waals surface area contributed by atoms with Gasteiger partial charge in [0.25, 0.3) is 5.91 Å². The van der Waals surface area contributed by atoms with Crippen LogP contribution in [0.2, 0.25) is 0 Å². The summed E-state index contributed by atoms with van der Waals surface area (Å²) >= 11 is 0. The van der Waals surface area contributed by atoms with Crippen molar-refractivity contribution in [2.24, 2.45) is 5.41 Å². The summed E-state index contributed by atoms with van der Waals surface area (Å²) < 4.78 is 19.8. The molecule has 3 aromatic carbocycles. The second-order valence-corrected chi connectivity index (χ2v) is 14.3. The monoisotopic (exact) mass is 633 g/mol. The lowest BCUT2D eigenvalue weighted by Crippen LogP contribution is -2.26. The summed E-state index contributed by atoms with van der Waals surface area (Å²) in [5.41, 5.74) is 7.18. The molecule has 1 aliphatic heterocycles. The predicted molar refractivity (Wildman–Crippen MR) is 175 cm³/mol. The average Bonchev–Trinajstić information content (AvgIpc) is 3.23. The molecule has 2 amide bonds. The third-order valence-electron chi connectivity index (χ3n) is 7.54. The molecule has 0 saturated carbocycles. The van der Waals surface area contributed by atoms with E-state index in [1.54, 1.807) is 7.05 Å². The smallest absolute Gasteiger partial charge is 0.410 e. The lowest BCUT2D eigenvalue weighted by molar-refractivity contribution is -0.117. The number of nitrogens with one attached hydrogen (secondary N) is 2. The molecule has 0 radical (unpaired) electrons. The molecule has 1 aromatic heterocycles. The fourth-order valence-corrected chi connectivity index (χ4v) is 8.07. The first-order chi connectivity index (χ1) is 20.8. The van der Waals surface area contributed by atoms with Gasteiger partial charge in [-0.1, -0.05) is 57.2 Å². The minimum absolute atomic E-state index is 0.126. The highest BCUT2D eigenvalue weighted by Crippen LogP contribution is 2.40. The van der Waals surface area contributed by atoms with Crippen LogP contribution in [0, 0.1) is 25.1 Å². The highest BCUT2D eigenvalue weighted by atomic mass is 33.1. The van der Waals surface area contributed by atoms with E-state index >= 15 is 0 Å². The third kappa shape index (κ3) is 6.81. The van der Waals surface area contributed by atoms with Crippen molar-refractivity contribution in [2.45, 2.75) is 59.1 Å². The van der Waals surface area contributed by atoms with Gasteiger partial charge in [0.2, 0.25) is 5.12 Å². The van der Waals surface area contributed by atoms with Crippen molar-refractivity contribution in [3.05, 3.63) is 87.7 Å². The molecule has 0 aliphatic carbocycles. The lowest BCUT2D eigenvalue weighted by atomic mass is 9.99. The van der Waals surface area contributed by atoms with Gasteiger partial charge in [-0.3, -0.25) is 9.59 Å². The van der Waals surface area contributed by atoms with Crippen LogP contribution in [-0.2, 0) is 29.1 Å². The molecule has 0 atom stereocenters. The van der Waals surface area contributed by atoms with Gasteiger partial charge in [-0.05, 0) is 87.4 Å². The first kappa shape index (κ1) is 31.7. The van der Waals surface area contributed by atoms with Gasteiger partial charge in [-0.15, -0.1) is 0 Å². The third-order valence-corrected chi connectivity index (χ3v) is 10.4. The maximum absolute atomic E-state index is 14.2. The summed E-state index contributed by atoms with van der Waals surface area (Å²) in [4.78, 5) is 43.5. The van der Waals surface area contributed by atoms with Crippen LogP contribution >= 0.6 is 21.6 Å². The number of H-pyrrole nitrogens is 1. The van der Waals surface area contributed by atoms with Crippen molar-refractivity contribution in [3.63, 3.8) is 0 Å². The molecule has 0 saturated heterocycles. The molecule has 2 N–H and O–H groups in total. The maximum atomic E-state index is 14.2. The molecule has 0 unspecified atom stereocenters. The normalized spacial score (nSPS) is 13.0. The number of carbonyl (C=O) groups is 3. The Hall–Kier alpha value is -3.76. The molecule has 2 heterocycles. The van der Waals surface area contributed by atoms with Gasteiger partial charge in [-0.2, -0.15) is 0 Å². The first-order valence-corrected chi connectivity index (χ1v) is 16.6. The molecule has 230 valence electrons. The number of aryl methyl sites for hydroxylation is 2. The number of rotatable bonds is 7. The quantitative estimate of drug-likeness (QED) is 0.201. The summed E-state index contributed by atoms with van der Waals surface area (Å²) in [5, 5.41) is 3.73. The van der Waals surface area contributed by atoms with E-state index in [1.165, 1.54) is 38.6 Å². The predicted octanol–water partition coefficient (Wildman–Crippen LogP) is 7.96. The minimum Gasteiger partial charge on any atom is -0.445 e. The zero-order valence-corrected chi connectivity index (χ0v) is 27.4. The van der Waals surface area contributed by atoms with Crippen LogP contribution in [0.1, 0.15) is 58.9 Å². The van der Waals surface area contributed by atoms with E-state index < -0.39 is 17.3 Å². The van der Waals surface area contributed by atoms with Crippen molar-refractivity contribution < 1.29 is 23.5 Å². The fourth-order valence-electron chi connectivity index (χ4n) is 5.27. The van der Waals surface area contributed by atoms with Gasteiger partial charge in [0.05, 0.1) is 5.56 Å². The van der Waals surface area contributed by atoms with Gasteiger partial charge >= 0.3 is 6.09 Å².